The van der Waals surface area contributed by atoms with E-state index in [4.69, 9.17) is 5.11 Å². The average Bonchev–Trinajstić information content (AvgIpc) is 3.04. The summed E-state index contributed by atoms with van der Waals surface area (Å²) in [5.41, 5.74) is -0.0604. The van der Waals surface area contributed by atoms with Crippen molar-refractivity contribution < 1.29 is 19.5 Å². The van der Waals surface area contributed by atoms with Crippen molar-refractivity contribution in [2.45, 2.75) is 26.2 Å². The summed E-state index contributed by atoms with van der Waals surface area (Å²) >= 11 is 0. The summed E-state index contributed by atoms with van der Waals surface area (Å²) in [6, 6.07) is 0. The minimum Gasteiger partial charge on any atom is -0.481 e. The van der Waals surface area contributed by atoms with Crippen LogP contribution in [0.5, 0.6) is 0 Å². The van der Waals surface area contributed by atoms with Gasteiger partial charge in [-0.15, -0.1) is 0 Å². The molecule has 106 valence electrons. The van der Waals surface area contributed by atoms with Crippen LogP contribution in [-0.4, -0.2) is 59.4 Å². The van der Waals surface area contributed by atoms with Gasteiger partial charge < -0.3 is 14.9 Å². The maximum absolute atomic E-state index is 12.0. The molecule has 2 fully saturated rings. The van der Waals surface area contributed by atoms with Crippen LogP contribution in [0.4, 0.5) is 0 Å². The van der Waals surface area contributed by atoms with Crippen molar-refractivity contribution >= 4 is 17.8 Å². The van der Waals surface area contributed by atoms with Crippen molar-refractivity contribution in [2.75, 3.05) is 26.7 Å². The Hall–Kier alpha value is -1.59. The van der Waals surface area contributed by atoms with Gasteiger partial charge in [-0.05, 0) is 24.7 Å². The third-order valence-electron chi connectivity index (χ3n) is 4.51. The van der Waals surface area contributed by atoms with Crippen LogP contribution in [0.1, 0.15) is 26.2 Å². The molecule has 0 radical (unpaired) electrons. The Morgan fingerprint density at radius 3 is 2.32 bits per heavy atom. The second-order valence-corrected chi connectivity index (χ2v) is 5.71. The van der Waals surface area contributed by atoms with Gasteiger partial charge in [0.05, 0.1) is 12.5 Å². The SMILES string of the molecule is CC(=O)N(C)CC(=O)N1CCC2(CC1)CC2C(=O)O. The van der Waals surface area contributed by atoms with E-state index >= 15 is 0 Å². The molecule has 2 aliphatic rings. The van der Waals surface area contributed by atoms with Crippen LogP contribution in [0.15, 0.2) is 0 Å². The molecule has 1 spiro atoms. The molecule has 6 heteroatoms. The topological polar surface area (TPSA) is 77.9 Å². The molecule has 0 aromatic carbocycles. The fraction of sp³-hybridized carbons (Fsp3) is 0.769. The Balaban J connectivity index is 1.82. The van der Waals surface area contributed by atoms with Crippen molar-refractivity contribution in [3.05, 3.63) is 0 Å². The number of rotatable bonds is 3. The number of carbonyl (C=O) groups is 3. The second kappa shape index (κ2) is 4.83. The fourth-order valence-corrected chi connectivity index (χ4v) is 2.87. The van der Waals surface area contributed by atoms with Gasteiger partial charge >= 0.3 is 5.97 Å². The standard InChI is InChI=1S/C13H20N2O4/c1-9(16)14(2)8-11(17)15-5-3-13(4-6-15)7-10(13)12(18)19/h10H,3-8H2,1-2H3,(H,18,19). The maximum Gasteiger partial charge on any atom is 0.307 e. The molecular weight excluding hydrogens is 248 g/mol. The molecule has 1 N–H and O–H groups in total. The van der Waals surface area contributed by atoms with E-state index in [9.17, 15) is 14.4 Å². The summed E-state index contributed by atoms with van der Waals surface area (Å²) in [6.07, 6.45) is 2.27. The monoisotopic (exact) mass is 268 g/mol. The van der Waals surface area contributed by atoms with E-state index < -0.39 is 5.97 Å². The molecule has 1 heterocycles. The van der Waals surface area contributed by atoms with Gasteiger partial charge in [0, 0.05) is 27.1 Å². The molecule has 1 atom stereocenters. The molecule has 1 aliphatic heterocycles. The molecule has 0 aromatic rings. The first-order valence-electron chi connectivity index (χ1n) is 6.58. The average molecular weight is 268 g/mol. The molecule has 1 saturated heterocycles. The Bertz CT molecular complexity index is 413. The van der Waals surface area contributed by atoms with Gasteiger partial charge in [0.25, 0.3) is 0 Å². The number of piperidine rings is 1. The van der Waals surface area contributed by atoms with Crippen molar-refractivity contribution in [1.29, 1.82) is 0 Å². The number of hydrogen-bond donors (Lipinski definition) is 1. The van der Waals surface area contributed by atoms with Gasteiger partial charge in [0.1, 0.15) is 0 Å². The highest BCUT2D eigenvalue weighted by molar-refractivity contribution is 5.83. The van der Waals surface area contributed by atoms with E-state index in [1.165, 1.54) is 11.8 Å². The van der Waals surface area contributed by atoms with Crippen molar-refractivity contribution in [3.63, 3.8) is 0 Å². The van der Waals surface area contributed by atoms with Gasteiger partial charge in [-0.25, -0.2) is 0 Å². The van der Waals surface area contributed by atoms with Crippen LogP contribution in [0.2, 0.25) is 0 Å². The quantitative estimate of drug-likeness (QED) is 0.792. The first kappa shape index (κ1) is 13.8. The molecule has 1 aliphatic carbocycles. The summed E-state index contributed by atoms with van der Waals surface area (Å²) < 4.78 is 0. The highest BCUT2D eigenvalue weighted by atomic mass is 16.4. The van der Waals surface area contributed by atoms with E-state index in [2.05, 4.69) is 0 Å². The van der Waals surface area contributed by atoms with Gasteiger partial charge in [-0.1, -0.05) is 0 Å². The minimum absolute atomic E-state index is 0.0555. The zero-order valence-electron chi connectivity index (χ0n) is 11.4. The first-order valence-corrected chi connectivity index (χ1v) is 6.58. The molecule has 6 nitrogen and oxygen atoms in total. The summed E-state index contributed by atoms with van der Waals surface area (Å²) in [7, 11) is 1.60. The van der Waals surface area contributed by atoms with E-state index in [0.29, 0.717) is 13.1 Å². The lowest BCUT2D eigenvalue weighted by molar-refractivity contribution is -0.141. The van der Waals surface area contributed by atoms with Gasteiger partial charge in [0.2, 0.25) is 11.8 Å². The van der Waals surface area contributed by atoms with Crippen LogP contribution in [-0.2, 0) is 14.4 Å². The number of nitrogens with zero attached hydrogens (tertiary/aromatic N) is 2. The van der Waals surface area contributed by atoms with Gasteiger partial charge in [-0.2, -0.15) is 0 Å². The maximum atomic E-state index is 12.0. The summed E-state index contributed by atoms with van der Waals surface area (Å²) in [6.45, 7) is 2.74. The highest BCUT2D eigenvalue weighted by Gasteiger charge is 2.59. The van der Waals surface area contributed by atoms with E-state index in [0.717, 1.165) is 19.3 Å². The van der Waals surface area contributed by atoms with E-state index in [1.807, 2.05) is 0 Å². The van der Waals surface area contributed by atoms with Crippen LogP contribution in [0, 0.1) is 11.3 Å². The zero-order valence-corrected chi connectivity index (χ0v) is 11.4. The van der Waals surface area contributed by atoms with Crippen molar-refractivity contribution in [3.8, 4) is 0 Å². The smallest absolute Gasteiger partial charge is 0.307 e. The number of carbonyl (C=O) groups excluding carboxylic acids is 2. The Kier molecular flexibility index (Phi) is 3.52. The van der Waals surface area contributed by atoms with E-state index in [-0.39, 0.29) is 29.7 Å². The predicted molar refractivity (Wildman–Crippen MR) is 67.3 cm³/mol. The summed E-state index contributed by atoms with van der Waals surface area (Å²) in [5, 5.41) is 9.00. The molecule has 19 heavy (non-hydrogen) atoms. The number of carboxylic acids is 1. The predicted octanol–water partition coefficient (Wildman–Crippen LogP) is 0.178. The summed E-state index contributed by atoms with van der Waals surface area (Å²) in [5.74, 6) is -1.12. The Morgan fingerprint density at radius 2 is 1.89 bits per heavy atom. The van der Waals surface area contributed by atoms with Crippen LogP contribution < -0.4 is 0 Å². The lowest BCUT2D eigenvalue weighted by Crippen LogP contribution is -2.45. The fourth-order valence-electron chi connectivity index (χ4n) is 2.87. The van der Waals surface area contributed by atoms with Gasteiger partial charge in [0.15, 0.2) is 0 Å². The van der Waals surface area contributed by atoms with E-state index in [1.54, 1.807) is 11.9 Å². The number of aliphatic carboxylic acids is 1. The Morgan fingerprint density at radius 1 is 1.32 bits per heavy atom. The second-order valence-electron chi connectivity index (χ2n) is 5.71. The molecule has 2 rings (SSSR count). The highest BCUT2D eigenvalue weighted by Crippen LogP contribution is 2.59. The number of carboxylic acid groups (broad SMARTS) is 1. The zero-order chi connectivity index (χ0) is 14.2. The third kappa shape index (κ3) is 2.72. The molecule has 0 bridgehead atoms. The largest absolute Gasteiger partial charge is 0.481 e. The molecular formula is C13H20N2O4. The number of likely N-dealkylation sites (tertiary alicyclic amines) is 1. The number of amides is 2. The van der Waals surface area contributed by atoms with Gasteiger partial charge in [-0.3, -0.25) is 14.4 Å². The Labute approximate surface area is 112 Å². The van der Waals surface area contributed by atoms with Crippen molar-refractivity contribution in [2.24, 2.45) is 11.3 Å². The van der Waals surface area contributed by atoms with Crippen LogP contribution in [0.3, 0.4) is 0 Å². The minimum atomic E-state index is -0.712. The summed E-state index contributed by atoms with van der Waals surface area (Å²) in [4.78, 5) is 37.1. The lowest BCUT2D eigenvalue weighted by Gasteiger charge is -2.33. The third-order valence-corrected chi connectivity index (χ3v) is 4.51. The molecule has 0 aromatic heterocycles. The molecule has 1 unspecified atom stereocenters. The normalized spacial score (nSPS) is 24.1. The van der Waals surface area contributed by atoms with Crippen LogP contribution in [0.25, 0.3) is 0 Å². The molecule has 2 amide bonds. The number of hydrogen-bond acceptors (Lipinski definition) is 3. The number of likely N-dealkylation sites (N-methyl/N-ethyl adjacent to an activating group) is 1. The molecule has 1 saturated carbocycles. The lowest BCUT2D eigenvalue weighted by atomic mass is 9.91. The van der Waals surface area contributed by atoms with Crippen molar-refractivity contribution in [1.82, 2.24) is 9.80 Å². The van der Waals surface area contributed by atoms with Crippen LogP contribution >= 0.6 is 0 Å². The first-order chi connectivity index (χ1) is 8.85.